The molecule has 0 aromatic rings. The molecular formula is C17H37NO. The van der Waals surface area contributed by atoms with Gasteiger partial charge in [-0.3, -0.25) is 0 Å². The molecule has 0 rings (SSSR count). The molecule has 0 aliphatic rings. The van der Waals surface area contributed by atoms with Crippen molar-refractivity contribution in [3.05, 3.63) is 0 Å². The van der Waals surface area contributed by atoms with E-state index < -0.39 is 0 Å². The summed E-state index contributed by atoms with van der Waals surface area (Å²) in [7, 11) is 0. The Hall–Kier alpha value is -0.0800. The molecule has 0 saturated carbocycles. The molecule has 0 fully saturated rings. The van der Waals surface area contributed by atoms with Gasteiger partial charge >= 0.3 is 0 Å². The summed E-state index contributed by atoms with van der Waals surface area (Å²) in [6.07, 6.45) is 10.6. The van der Waals surface area contributed by atoms with Crippen LogP contribution in [0, 0.1) is 5.92 Å². The summed E-state index contributed by atoms with van der Waals surface area (Å²) in [5.74, 6) is 0.813. The van der Waals surface area contributed by atoms with Gasteiger partial charge in [-0.1, -0.05) is 52.9 Å². The standard InChI is InChI=1S/C17H37NO/c1-5-6-7-8-9-10-14-19-15-13-18-17(4)12-11-16(2)3/h16-18H,5-15H2,1-4H3. The first-order valence-electron chi connectivity index (χ1n) is 8.48. The van der Waals surface area contributed by atoms with Crippen LogP contribution in [0.2, 0.25) is 0 Å². The zero-order valence-electron chi connectivity index (χ0n) is 13.8. The first kappa shape index (κ1) is 18.9. The van der Waals surface area contributed by atoms with Gasteiger partial charge in [0.2, 0.25) is 0 Å². The number of nitrogens with one attached hydrogen (secondary N) is 1. The minimum absolute atomic E-state index is 0.625. The number of unbranched alkanes of at least 4 members (excludes halogenated alkanes) is 5. The highest BCUT2D eigenvalue weighted by Gasteiger charge is 2.02. The first-order valence-corrected chi connectivity index (χ1v) is 8.48. The molecule has 1 atom stereocenters. The van der Waals surface area contributed by atoms with Crippen LogP contribution in [0.3, 0.4) is 0 Å². The largest absolute Gasteiger partial charge is 0.380 e. The van der Waals surface area contributed by atoms with E-state index in [9.17, 15) is 0 Å². The smallest absolute Gasteiger partial charge is 0.0590 e. The summed E-state index contributed by atoms with van der Waals surface area (Å²) < 4.78 is 5.65. The normalized spacial score (nSPS) is 13.1. The Labute approximate surface area is 121 Å². The van der Waals surface area contributed by atoms with Crippen molar-refractivity contribution in [2.45, 2.75) is 85.1 Å². The van der Waals surface area contributed by atoms with Crippen molar-refractivity contribution in [1.29, 1.82) is 0 Å². The maximum atomic E-state index is 5.65. The van der Waals surface area contributed by atoms with Crippen molar-refractivity contribution in [3.63, 3.8) is 0 Å². The lowest BCUT2D eigenvalue weighted by atomic mass is 10.0. The van der Waals surface area contributed by atoms with Gasteiger partial charge < -0.3 is 10.1 Å². The monoisotopic (exact) mass is 271 g/mol. The van der Waals surface area contributed by atoms with E-state index in [-0.39, 0.29) is 0 Å². The van der Waals surface area contributed by atoms with E-state index in [2.05, 4.69) is 33.0 Å². The molecule has 0 saturated heterocycles. The van der Waals surface area contributed by atoms with E-state index in [1.165, 1.54) is 51.4 Å². The number of rotatable bonds is 14. The fraction of sp³-hybridized carbons (Fsp3) is 1.00. The fourth-order valence-electron chi connectivity index (χ4n) is 2.15. The topological polar surface area (TPSA) is 21.3 Å². The SMILES string of the molecule is CCCCCCCCOCCNC(C)CCC(C)C. The highest BCUT2D eigenvalue weighted by molar-refractivity contribution is 4.61. The maximum Gasteiger partial charge on any atom is 0.0590 e. The van der Waals surface area contributed by atoms with Crippen LogP contribution in [0.5, 0.6) is 0 Å². The Balaban J connectivity index is 3.09. The maximum absolute atomic E-state index is 5.65. The average Bonchev–Trinajstić information content (AvgIpc) is 2.38. The summed E-state index contributed by atoms with van der Waals surface area (Å²) in [6.45, 7) is 11.9. The molecule has 0 spiro atoms. The Bertz CT molecular complexity index is 171. The van der Waals surface area contributed by atoms with Crippen molar-refractivity contribution in [1.82, 2.24) is 5.32 Å². The Morgan fingerprint density at radius 1 is 0.842 bits per heavy atom. The molecule has 116 valence electrons. The van der Waals surface area contributed by atoms with Crippen LogP contribution in [0.15, 0.2) is 0 Å². The quantitative estimate of drug-likeness (QED) is 0.459. The molecule has 0 heterocycles. The zero-order chi connectivity index (χ0) is 14.3. The minimum atomic E-state index is 0.625. The molecule has 2 nitrogen and oxygen atoms in total. The second kappa shape index (κ2) is 14.3. The van der Waals surface area contributed by atoms with E-state index in [1.807, 2.05) is 0 Å². The minimum Gasteiger partial charge on any atom is -0.380 e. The van der Waals surface area contributed by atoms with E-state index in [0.29, 0.717) is 6.04 Å². The second-order valence-corrected chi connectivity index (χ2v) is 6.21. The van der Waals surface area contributed by atoms with Gasteiger partial charge in [0.05, 0.1) is 6.61 Å². The molecule has 1 N–H and O–H groups in total. The van der Waals surface area contributed by atoms with E-state index in [0.717, 1.165) is 25.7 Å². The van der Waals surface area contributed by atoms with Gasteiger partial charge in [0.1, 0.15) is 0 Å². The van der Waals surface area contributed by atoms with Crippen molar-refractivity contribution in [2.75, 3.05) is 19.8 Å². The molecule has 0 bridgehead atoms. The van der Waals surface area contributed by atoms with E-state index >= 15 is 0 Å². The summed E-state index contributed by atoms with van der Waals surface area (Å²) in [5.41, 5.74) is 0. The zero-order valence-corrected chi connectivity index (χ0v) is 13.8. The van der Waals surface area contributed by atoms with Crippen LogP contribution in [-0.2, 0) is 4.74 Å². The average molecular weight is 271 g/mol. The Morgan fingerprint density at radius 2 is 1.53 bits per heavy atom. The fourth-order valence-corrected chi connectivity index (χ4v) is 2.15. The van der Waals surface area contributed by atoms with E-state index in [4.69, 9.17) is 4.74 Å². The van der Waals surface area contributed by atoms with Crippen LogP contribution < -0.4 is 5.32 Å². The molecular weight excluding hydrogens is 234 g/mol. The second-order valence-electron chi connectivity index (χ2n) is 6.21. The van der Waals surface area contributed by atoms with Gasteiger partial charge in [-0.2, -0.15) is 0 Å². The third kappa shape index (κ3) is 15.9. The van der Waals surface area contributed by atoms with Crippen LogP contribution in [0.1, 0.15) is 79.1 Å². The highest BCUT2D eigenvalue weighted by atomic mass is 16.5. The molecule has 0 aliphatic heterocycles. The summed E-state index contributed by atoms with van der Waals surface area (Å²) in [6, 6.07) is 0.625. The van der Waals surface area contributed by atoms with Crippen molar-refractivity contribution >= 4 is 0 Å². The predicted molar refractivity (Wildman–Crippen MR) is 85.7 cm³/mol. The molecule has 0 amide bonds. The van der Waals surface area contributed by atoms with Crippen molar-refractivity contribution in [3.8, 4) is 0 Å². The summed E-state index contributed by atoms with van der Waals surface area (Å²) >= 11 is 0. The summed E-state index contributed by atoms with van der Waals surface area (Å²) in [4.78, 5) is 0. The number of ether oxygens (including phenoxy) is 1. The lowest BCUT2D eigenvalue weighted by Gasteiger charge is -2.15. The van der Waals surface area contributed by atoms with E-state index in [1.54, 1.807) is 0 Å². The lowest BCUT2D eigenvalue weighted by molar-refractivity contribution is 0.129. The molecule has 0 radical (unpaired) electrons. The van der Waals surface area contributed by atoms with Gasteiger partial charge in [0.25, 0.3) is 0 Å². The lowest BCUT2D eigenvalue weighted by Crippen LogP contribution is -2.29. The summed E-state index contributed by atoms with van der Waals surface area (Å²) in [5, 5.41) is 3.53. The van der Waals surface area contributed by atoms with Crippen molar-refractivity contribution < 1.29 is 4.74 Å². The molecule has 19 heavy (non-hydrogen) atoms. The van der Waals surface area contributed by atoms with Gasteiger partial charge in [0.15, 0.2) is 0 Å². The Kier molecular flexibility index (Phi) is 14.3. The van der Waals surface area contributed by atoms with Gasteiger partial charge in [-0.25, -0.2) is 0 Å². The molecule has 0 aromatic heterocycles. The van der Waals surface area contributed by atoms with Crippen molar-refractivity contribution in [2.24, 2.45) is 5.92 Å². The third-order valence-electron chi connectivity index (χ3n) is 3.56. The van der Waals surface area contributed by atoms with Crippen LogP contribution in [-0.4, -0.2) is 25.8 Å². The first-order chi connectivity index (χ1) is 9.16. The van der Waals surface area contributed by atoms with Gasteiger partial charge in [0, 0.05) is 19.2 Å². The molecule has 0 aliphatic carbocycles. The van der Waals surface area contributed by atoms with Crippen LogP contribution in [0.4, 0.5) is 0 Å². The highest BCUT2D eigenvalue weighted by Crippen LogP contribution is 2.06. The molecule has 2 heteroatoms. The number of hydrogen-bond acceptors (Lipinski definition) is 2. The molecule has 1 unspecified atom stereocenters. The Morgan fingerprint density at radius 3 is 2.21 bits per heavy atom. The number of hydrogen-bond donors (Lipinski definition) is 1. The van der Waals surface area contributed by atoms with Crippen LogP contribution in [0.25, 0.3) is 0 Å². The molecule has 0 aromatic carbocycles. The van der Waals surface area contributed by atoms with Crippen LogP contribution >= 0.6 is 0 Å². The third-order valence-corrected chi connectivity index (χ3v) is 3.56. The predicted octanol–water partition coefficient (Wildman–Crippen LogP) is 4.78. The van der Waals surface area contributed by atoms with Gasteiger partial charge in [-0.05, 0) is 32.1 Å². The van der Waals surface area contributed by atoms with Gasteiger partial charge in [-0.15, -0.1) is 0 Å².